The number of morpholine rings is 1. The van der Waals surface area contributed by atoms with Gasteiger partial charge in [0.1, 0.15) is 23.9 Å². The number of benzene rings is 1. The second kappa shape index (κ2) is 7.73. The monoisotopic (exact) mass is 432 g/mol. The lowest BCUT2D eigenvalue weighted by molar-refractivity contribution is -0.148. The van der Waals surface area contributed by atoms with Crippen molar-refractivity contribution in [3.63, 3.8) is 0 Å². The molecule has 2 fully saturated rings. The van der Waals surface area contributed by atoms with E-state index in [0.717, 1.165) is 0 Å². The van der Waals surface area contributed by atoms with E-state index in [1.165, 1.54) is 28.0 Å². The number of amidine groups is 1. The van der Waals surface area contributed by atoms with E-state index in [0.29, 0.717) is 5.56 Å². The highest BCUT2D eigenvalue weighted by atomic mass is 19.1. The molecule has 0 saturated carbocycles. The summed E-state index contributed by atoms with van der Waals surface area (Å²) in [6.07, 6.45) is -0.614. The molecule has 1 unspecified atom stereocenters. The number of carbonyl (C=O) groups excluding carboxylic acids is 4. The largest absolute Gasteiger partial charge is 0.447 e. The standard InChI is InChI=1S/C20H21FN4O6/c1-20(2)18-23-14(15(26)17(28)25(18)6-8-31-20)16(27)22-10-11-3-4-12(21)9-13(11)24-5-7-30-19(24)29/h3-4,9,14H,5-8,10H2,1-2H3,(H,22,27). The van der Waals surface area contributed by atoms with Gasteiger partial charge in [0.25, 0.3) is 17.6 Å². The van der Waals surface area contributed by atoms with Crippen LogP contribution in [0.2, 0.25) is 0 Å². The molecule has 3 aliphatic rings. The molecule has 31 heavy (non-hydrogen) atoms. The number of hydrogen-bond acceptors (Lipinski definition) is 7. The number of fused-ring (bicyclic) bond motifs is 1. The third-order valence-electron chi connectivity index (χ3n) is 5.33. The fraction of sp³-hybridized carbons (Fsp3) is 0.450. The molecule has 2 saturated heterocycles. The zero-order valence-electron chi connectivity index (χ0n) is 17.0. The minimum atomic E-state index is -1.54. The number of ether oxygens (including phenoxy) is 2. The quantitative estimate of drug-likeness (QED) is 0.543. The van der Waals surface area contributed by atoms with Crippen molar-refractivity contribution in [1.29, 1.82) is 0 Å². The predicted octanol–water partition coefficient (Wildman–Crippen LogP) is 0.386. The summed E-state index contributed by atoms with van der Waals surface area (Å²) in [7, 11) is 0. The highest BCUT2D eigenvalue weighted by Gasteiger charge is 2.47. The van der Waals surface area contributed by atoms with Crippen LogP contribution in [0.3, 0.4) is 0 Å². The van der Waals surface area contributed by atoms with E-state index < -0.39 is 41.2 Å². The van der Waals surface area contributed by atoms with Crippen molar-refractivity contribution in [2.45, 2.75) is 32.0 Å². The number of Topliss-reactive ketones (excluding diaryl/α,β-unsaturated/α-hetero) is 1. The Morgan fingerprint density at radius 3 is 2.68 bits per heavy atom. The van der Waals surface area contributed by atoms with Crippen molar-refractivity contribution in [3.8, 4) is 0 Å². The second-order valence-electron chi connectivity index (χ2n) is 7.79. The summed E-state index contributed by atoms with van der Waals surface area (Å²) >= 11 is 0. The fourth-order valence-corrected chi connectivity index (χ4v) is 3.75. The molecule has 0 radical (unpaired) electrons. The molecule has 1 aromatic rings. The maximum Gasteiger partial charge on any atom is 0.414 e. The highest BCUT2D eigenvalue weighted by molar-refractivity contribution is 6.46. The summed E-state index contributed by atoms with van der Waals surface area (Å²) < 4.78 is 24.3. The zero-order chi connectivity index (χ0) is 22.3. The van der Waals surface area contributed by atoms with E-state index in [2.05, 4.69) is 10.3 Å². The van der Waals surface area contributed by atoms with Crippen molar-refractivity contribution >= 4 is 35.2 Å². The van der Waals surface area contributed by atoms with Crippen LogP contribution in [0, 0.1) is 5.82 Å². The highest BCUT2D eigenvalue weighted by Crippen LogP contribution is 2.26. The Hall–Kier alpha value is -3.34. The molecule has 3 heterocycles. The lowest BCUT2D eigenvalue weighted by Crippen LogP contribution is -2.62. The first kappa shape index (κ1) is 20.9. The number of amides is 3. The molecule has 0 spiro atoms. The number of anilines is 1. The predicted molar refractivity (Wildman–Crippen MR) is 105 cm³/mol. The van der Waals surface area contributed by atoms with Gasteiger partial charge in [0.05, 0.1) is 25.4 Å². The third-order valence-corrected chi connectivity index (χ3v) is 5.33. The van der Waals surface area contributed by atoms with Gasteiger partial charge in [-0.05, 0) is 31.5 Å². The molecule has 10 nitrogen and oxygen atoms in total. The molecule has 1 aromatic carbocycles. The van der Waals surface area contributed by atoms with E-state index in [1.54, 1.807) is 13.8 Å². The molecule has 1 atom stereocenters. The minimum absolute atomic E-state index is 0.106. The molecule has 164 valence electrons. The first-order valence-corrected chi connectivity index (χ1v) is 9.77. The smallest absolute Gasteiger partial charge is 0.414 e. The number of carbonyl (C=O) groups is 4. The van der Waals surface area contributed by atoms with Crippen molar-refractivity contribution < 1.29 is 33.0 Å². The van der Waals surface area contributed by atoms with E-state index in [9.17, 15) is 23.6 Å². The normalized spacial score (nSPS) is 22.7. The van der Waals surface area contributed by atoms with E-state index in [4.69, 9.17) is 9.47 Å². The van der Waals surface area contributed by atoms with Crippen LogP contribution in [0.15, 0.2) is 23.2 Å². The Labute approximate surface area is 177 Å². The van der Waals surface area contributed by atoms with Crippen LogP contribution in [0.1, 0.15) is 19.4 Å². The summed E-state index contributed by atoms with van der Waals surface area (Å²) in [4.78, 5) is 56.3. The first-order valence-electron chi connectivity index (χ1n) is 9.77. The second-order valence-corrected chi connectivity index (χ2v) is 7.79. The zero-order valence-corrected chi connectivity index (χ0v) is 17.0. The van der Waals surface area contributed by atoms with Gasteiger partial charge < -0.3 is 14.8 Å². The van der Waals surface area contributed by atoms with Crippen LogP contribution in [-0.2, 0) is 30.4 Å². The van der Waals surface area contributed by atoms with E-state index in [1.807, 2.05) is 0 Å². The molecular weight excluding hydrogens is 411 g/mol. The Kier molecular flexibility index (Phi) is 5.21. The van der Waals surface area contributed by atoms with Gasteiger partial charge in [-0.3, -0.25) is 24.2 Å². The van der Waals surface area contributed by atoms with Crippen LogP contribution in [0.5, 0.6) is 0 Å². The average molecular weight is 432 g/mol. The number of nitrogens with one attached hydrogen (secondary N) is 1. The van der Waals surface area contributed by atoms with Gasteiger partial charge in [0.15, 0.2) is 6.04 Å². The maximum absolute atomic E-state index is 13.8. The van der Waals surface area contributed by atoms with Gasteiger partial charge >= 0.3 is 6.09 Å². The van der Waals surface area contributed by atoms with Gasteiger partial charge in [-0.2, -0.15) is 0 Å². The Bertz CT molecular complexity index is 1010. The van der Waals surface area contributed by atoms with Crippen LogP contribution in [-0.4, -0.2) is 72.4 Å². The molecule has 1 N–H and O–H groups in total. The number of rotatable bonds is 4. The van der Waals surface area contributed by atoms with E-state index in [-0.39, 0.29) is 44.4 Å². The molecule has 11 heteroatoms. The summed E-state index contributed by atoms with van der Waals surface area (Å²) in [5, 5.41) is 2.56. The van der Waals surface area contributed by atoms with Gasteiger partial charge in [-0.1, -0.05) is 6.07 Å². The number of hydrogen-bond donors (Lipinski definition) is 1. The Balaban J connectivity index is 1.55. The summed E-state index contributed by atoms with van der Waals surface area (Å²) in [5.74, 6) is -2.83. The molecule has 0 bridgehead atoms. The van der Waals surface area contributed by atoms with Crippen molar-refractivity contribution in [1.82, 2.24) is 10.2 Å². The maximum atomic E-state index is 13.8. The first-order chi connectivity index (χ1) is 14.7. The Morgan fingerprint density at radius 1 is 1.23 bits per heavy atom. The SMILES string of the molecule is CC1(C)OCCN2C(=O)C(=O)C(C(=O)NCc3ccc(F)cc3N3CCOC3=O)N=C21. The van der Waals surface area contributed by atoms with Crippen LogP contribution in [0.4, 0.5) is 14.9 Å². The molecule has 3 aliphatic heterocycles. The minimum Gasteiger partial charge on any atom is -0.447 e. The number of cyclic esters (lactones) is 1. The molecule has 0 aromatic heterocycles. The number of ketones is 1. The third kappa shape index (κ3) is 3.76. The van der Waals surface area contributed by atoms with E-state index >= 15 is 0 Å². The van der Waals surface area contributed by atoms with Gasteiger partial charge in [0, 0.05) is 6.54 Å². The lowest BCUT2D eigenvalue weighted by atomic mass is 9.99. The lowest BCUT2D eigenvalue weighted by Gasteiger charge is -2.41. The molecule has 0 aliphatic carbocycles. The molecule has 3 amide bonds. The van der Waals surface area contributed by atoms with Crippen LogP contribution >= 0.6 is 0 Å². The van der Waals surface area contributed by atoms with Crippen molar-refractivity contribution in [2.24, 2.45) is 4.99 Å². The van der Waals surface area contributed by atoms with Gasteiger partial charge in [-0.15, -0.1) is 0 Å². The number of aliphatic imine (C=N–C) groups is 1. The van der Waals surface area contributed by atoms with Gasteiger partial charge in [-0.25, -0.2) is 14.2 Å². The number of halogens is 1. The fourth-order valence-electron chi connectivity index (χ4n) is 3.75. The Morgan fingerprint density at radius 2 is 1.97 bits per heavy atom. The number of nitrogens with zero attached hydrogens (tertiary/aromatic N) is 3. The molecular formula is C20H21FN4O6. The van der Waals surface area contributed by atoms with Gasteiger partial charge in [0.2, 0.25) is 0 Å². The summed E-state index contributed by atoms with van der Waals surface area (Å²) in [6.45, 7) is 4.17. The average Bonchev–Trinajstić information content (AvgIpc) is 3.15. The van der Waals surface area contributed by atoms with Crippen LogP contribution < -0.4 is 10.2 Å². The van der Waals surface area contributed by atoms with Crippen molar-refractivity contribution in [2.75, 3.05) is 31.2 Å². The van der Waals surface area contributed by atoms with Crippen LogP contribution in [0.25, 0.3) is 0 Å². The summed E-state index contributed by atoms with van der Waals surface area (Å²) in [5.41, 5.74) is -0.222. The van der Waals surface area contributed by atoms with Crippen molar-refractivity contribution in [3.05, 3.63) is 29.6 Å². The summed E-state index contributed by atoms with van der Waals surface area (Å²) in [6, 6.07) is 2.25. The molecule has 4 rings (SSSR count). The topological polar surface area (TPSA) is 118 Å².